The summed E-state index contributed by atoms with van der Waals surface area (Å²) in [5.41, 5.74) is -0.702. The van der Waals surface area contributed by atoms with Gasteiger partial charge in [0, 0.05) is 13.1 Å². The normalized spacial score (nSPS) is 12.5. The van der Waals surface area contributed by atoms with E-state index in [0.717, 1.165) is 6.54 Å². The minimum atomic E-state index is -0.765. The molecule has 0 atom stereocenters. The third kappa shape index (κ3) is 6.47. The molecule has 0 aliphatic carbocycles. The van der Waals surface area contributed by atoms with E-state index in [1.807, 2.05) is 25.8 Å². The zero-order chi connectivity index (χ0) is 12.1. The molecule has 0 aromatic heterocycles. The Hall–Kier alpha value is -0.610. The molecular weight excluding hydrogens is 194 g/mol. The topological polar surface area (TPSA) is 49.8 Å². The van der Waals surface area contributed by atoms with Crippen molar-refractivity contribution < 1.29 is 14.6 Å². The fourth-order valence-electron chi connectivity index (χ4n) is 1.27. The van der Waals surface area contributed by atoms with Crippen LogP contribution in [0.2, 0.25) is 0 Å². The molecule has 0 aliphatic rings. The van der Waals surface area contributed by atoms with E-state index in [2.05, 4.69) is 0 Å². The largest absolute Gasteiger partial charge is 0.481 e. The first kappa shape index (κ1) is 14.4. The van der Waals surface area contributed by atoms with E-state index in [0.29, 0.717) is 13.2 Å². The van der Waals surface area contributed by atoms with Gasteiger partial charge in [-0.15, -0.1) is 0 Å². The molecule has 15 heavy (non-hydrogen) atoms. The summed E-state index contributed by atoms with van der Waals surface area (Å²) in [4.78, 5) is 12.9. The summed E-state index contributed by atoms with van der Waals surface area (Å²) in [6.45, 7) is 9.37. The van der Waals surface area contributed by atoms with Gasteiger partial charge < -0.3 is 14.7 Å². The standard InChI is InChI=1S/C11H23NO3/c1-9(2)15-7-6-12(5)8-11(3,4)10(13)14/h9H,6-8H2,1-5H3,(H,13,14). The third-order valence-corrected chi connectivity index (χ3v) is 2.17. The van der Waals surface area contributed by atoms with Gasteiger partial charge in [0.1, 0.15) is 0 Å². The lowest BCUT2D eigenvalue weighted by Crippen LogP contribution is -2.38. The first-order valence-electron chi connectivity index (χ1n) is 5.29. The Labute approximate surface area is 92.2 Å². The van der Waals surface area contributed by atoms with Crippen LogP contribution < -0.4 is 0 Å². The summed E-state index contributed by atoms with van der Waals surface area (Å²) < 4.78 is 5.40. The van der Waals surface area contributed by atoms with Gasteiger partial charge in [-0.05, 0) is 34.7 Å². The molecule has 0 rings (SSSR count). The lowest BCUT2D eigenvalue weighted by atomic mass is 9.93. The molecule has 0 unspecified atom stereocenters. The molecule has 0 amide bonds. The van der Waals surface area contributed by atoms with Crippen molar-refractivity contribution >= 4 is 5.97 Å². The highest BCUT2D eigenvalue weighted by Gasteiger charge is 2.28. The Morgan fingerprint density at radius 2 is 2.00 bits per heavy atom. The van der Waals surface area contributed by atoms with Crippen LogP contribution in [0.4, 0.5) is 0 Å². The minimum absolute atomic E-state index is 0.228. The second-order valence-electron chi connectivity index (χ2n) is 4.85. The van der Waals surface area contributed by atoms with E-state index in [1.54, 1.807) is 13.8 Å². The van der Waals surface area contributed by atoms with Crippen molar-refractivity contribution in [1.82, 2.24) is 4.90 Å². The van der Waals surface area contributed by atoms with Crippen LogP contribution in [0.3, 0.4) is 0 Å². The molecule has 0 saturated heterocycles. The second kappa shape index (κ2) is 6.08. The third-order valence-electron chi connectivity index (χ3n) is 2.17. The fraction of sp³-hybridized carbons (Fsp3) is 0.909. The van der Waals surface area contributed by atoms with E-state index >= 15 is 0 Å². The maximum Gasteiger partial charge on any atom is 0.310 e. The number of nitrogens with zero attached hydrogens (tertiary/aromatic N) is 1. The number of rotatable bonds is 7. The van der Waals surface area contributed by atoms with Crippen LogP contribution in [0.1, 0.15) is 27.7 Å². The van der Waals surface area contributed by atoms with E-state index in [9.17, 15) is 4.79 Å². The molecule has 0 saturated carbocycles. The molecule has 4 nitrogen and oxygen atoms in total. The van der Waals surface area contributed by atoms with Gasteiger partial charge in [-0.25, -0.2) is 0 Å². The van der Waals surface area contributed by atoms with E-state index < -0.39 is 11.4 Å². The van der Waals surface area contributed by atoms with E-state index in [1.165, 1.54) is 0 Å². The predicted octanol–water partition coefficient (Wildman–Crippen LogP) is 1.45. The van der Waals surface area contributed by atoms with Crippen molar-refractivity contribution in [2.24, 2.45) is 5.41 Å². The zero-order valence-electron chi connectivity index (χ0n) is 10.4. The summed E-state index contributed by atoms with van der Waals surface area (Å²) >= 11 is 0. The molecule has 4 heteroatoms. The molecule has 0 spiro atoms. The van der Waals surface area contributed by atoms with Crippen molar-refractivity contribution in [2.45, 2.75) is 33.8 Å². The van der Waals surface area contributed by atoms with E-state index in [-0.39, 0.29) is 6.10 Å². The molecule has 0 aliphatic heterocycles. The van der Waals surface area contributed by atoms with Crippen LogP contribution in [0.5, 0.6) is 0 Å². The molecular formula is C11H23NO3. The van der Waals surface area contributed by atoms with Crippen LogP contribution >= 0.6 is 0 Å². The van der Waals surface area contributed by atoms with Crippen molar-refractivity contribution in [2.75, 3.05) is 26.7 Å². The van der Waals surface area contributed by atoms with Crippen molar-refractivity contribution in [1.29, 1.82) is 0 Å². The van der Waals surface area contributed by atoms with Gasteiger partial charge in [0.05, 0.1) is 18.1 Å². The summed E-state index contributed by atoms with van der Waals surface area (Å²) in [6, 6.07) is 0. The van der Waals surface area contributed by atoms with Crippen LogP contribution in [0.15, 0.2) is 0 Å². The van der Waals surface area contributed by atoms with Gasteiger partial charge in [0.15, 0.2) is 0 Å². The maximum atomic E-state index is 10.9. The Morgan fingerprint density at radius 1 is 1.47 bits per heavy atom. The first-order valence-corrected chi connectivity index (χ1v) is 5.29. The Kier molecular flexibility index (Phi) is 5.83. The molecule has 90 valence electrons. The van der Waals surface area contributed by atoms with Crippen LogP contribution in [0, 0.1) is 5.41 Å². The molecule has 1 N–H and O–H groups in total. The van der Waals surface area contributed by atoms with E-state index in [4.69, 9.17) is 9.84 Å². The number of aliphatic carboxylic acids is 1. The van der Waals surface area contributed by atoms with Crippen LogP contribution in [-0.2, 0) is 9.53 Å². The molecule has 0 radical (unpaired) electrons. The van der Waals surface area contributed by atoms with Gasteiger partial charge in [-0.2, -0.15) is 0 Å². The van der Waals surface area contributed by atoms with Crippen molar-refractivity contribution in [3.63, 3.8) is 0 Å². The molecule has 0 fully saturated rings. The fourth-order valence-corrected chi connectivity index (χ4v) is 1.27. The lowest BCUT2D eigenvalue weighted by Gasteiger charge is -2.26. The number of hydrogen-bond donors (Lipinski definition) is 1. The first-order chi connectivity index (χ1) is 6.75. The molecule has 0 aromatic carbocycles. The number of likely N-dealkylation sites (N-methyl/N-ethyl adjacent to an activating group) is 1. The number of ether oxygens (including phenoxy) is 1. The summed E-state index contributed by atoms with van der Waals surface area (Å²) in [6.07, 6.45) is 0.228. The smallest absolute Gasteiger partial charge is 0.310 e. The lowest BCUT2D eigenvalue weighted by molar-refractivity contribution is -0.147. The number of carboxylic acid groups (broad SMARTS) is 1. The Morgan fingerprint density at radius 3 is 2.40 bits per heavy atom. The maximum absolute atomic E-state index is 10.9. The second-order valence-corrected chi connectivity index (χ2v) is 4.85. The zero-order valence-corrected chi connectivity index (χ0v) is 10.4. The van der Waals surface area contributed by atoms with Crippen molar-refractivity contribution in [3.05, 3.63) is 0 Å². The monoisotopic (exact) mass is 217 g/mol. The average molecular weight is 217 g/mol. The molecule has 0 heterocycles. The highest BCUT2D eigenvalue weighted by atomic mass is 16.5. The van der Waals surface area contributed by atoms with Gasteiger partial charge in [0.2, 0.25) is 0 Å². The highest BCUT2D eigenvalue weighted by molar-refractivity contribution is 5.73. The predicted molar refractivity (Wildman–Crippen MR) is 60.0 cm³/mol. The summed E-state index contributed by atoms with van der Waals surface area (Å²) in [5.74, 6) is -0.765. The van der Waals surface area contributed by atoms with Gasteiger partial charge >= 0.3 is 5.97 Å². The molecule has 0 bridgehead atoms. The minimum Gasteiger partial charge on any atom is -0.481 e. The summed E-state index contributed by atoms with van der Waals surface area (Å²) in [7, 11) is 1.91. The SMILES string of the molecule is CC(C)OCCN(C)CC(C)(C)C(=O)O. The Bertz CT molecular complexity index is 202. The van der Waals surface area contributed by atoms with Crippen LogP contribution in [-0.4, -0.2) is 48.8 Å². The number of hydrogen-bond acceptors (Lipinski definition) is 3. The summed E-state index contributed by atoms with van der Waals surface area (Å²) in [5, 5.41) is 8.95. The van der Waals surface area contributed by atoms with Crippen molar-refractivity contribution in [3.8, 4) is 0 Å². The van der Waals surface area contributed by atoms with Gasteiger partial charge in [0.25, 0.3) is 0 Å². The quantitative estimate of drug-likeness (QED) is 0.701. The Balaban J connectivity index is 3.83. The average Bonchev–Trinajstić information content (AvgIpc) is 2.01. The van der Waals surface area contributed by atoms with Gasteiger partial charge in [-0.1, -0.05) is 0 Å². The molecule has 0 aromatic rings. The van der Waals surface area contributed by atoms with Gasteiger partial charge in [-0.3, -0.25) is 4.79 Å². The number of carbonyl (C=O) groups is 1. The van der Waals surface area contributed by atoms with Crippen LogP contribution in [0.25, 0.3) is 0 Å². The highest BCUT2D eigenvalue weighted by Crippen LogP contribution is 2.16. The number of carboxylic acids is 1.